The molecule has 0 fully saturated rings. The summed E-state index contributed by atoms with van der Waals surface area (Å²) in [5, 5.41) is 13.3. The number of rotatable bonds is 4. The van der Waals surface area contributed by atoms with Crippen LogP contribution < -0.4 is 5.32 Å². The smallest absolute Gasteiger partial charge is 0.224 e. The Balaban J connectivity index is 1.99. The van der Waals surface area contributed by atoms with Gasteiger partial charge in [-0.3, -0.25) is 4.79 Å². The lowest BCUT2D eigenvalue weighted by Crippen LogP contribution is -2.27. The van der Waals surface area contributed by atoms with Gasteiger partial charge >= 0.3 is 0 Å². The van der Waals surface area contributed by atoms with E-state index in [0.717, 1.165) is 34.1 Å². The summed E-state index contributed by atoms with van der Waals surface area (Å²) in [6, 6.07) is 1.79. The summed E-state index contributed by atoms with van der Waals surface area (Å²) in [4.78, 5) is 17.3. The van der Waals surface area contributed by atoms with Crippen LogP contribution in [0.25, 0.3) is 22.2 Å². The van der Waals surface area contributed by atoms with Crippen molar-refractivity contribution in [1.82, 2.24) is 25.3 Å². The van der Waals surface area contributed by atoms with Crippen LogP contribution in [0.15, 0.2) is 12.3 Å². The summed E-state index contributed by atoms with van der Waals surface area (Å²) in [7, 11) is 3.42. The van der Waals surface area contributed by atoms with E-state index >= 15 is 0 Å². The number of hydrogen-bond donors (Lipinski definition) is 2. The molecule has 0 aliphatic carbocycles. The molecular formula is C18H19Cl2N5O2. The van der Waals surface area contributed by atoms with E-state index in [4.69, 9.17) is 27.9 Å². The summed E-state index contributed by atoms with van der Waals surface area (Å²) in [5.74, 6) is 0.0802. The highest BCUT2D eigenvalue weighted by Crippen LogP contribution is 2.42. The third kappa shape index (κ3) is 3.20. The molecule has 0 bridgehead atoms. The number of methoxy groups -OCH3 is 1. The van der Waals surface area contributed by atoms with E-state index < -0.39 is 0 Å². The van der Waals surface area contributed by atoms with Crippen LogP contribution in [0.2, 0.25) is 10.0 Å². The number of fused-ring (bicyclic) bond motifs is 3. The Hall–Kier alpha value is -2.09. The monoisotopic (exact) mass is 407 g/mol. The number of carbonyl (C=O) groups excluding carboxylic acids is 1. The Morgan fingerprint density at radius 3 is 2.93 bits per heavy atom. The van der Waals surface area contributed by atoms with Gasteiger partial charge in [-0.05, 0) is 18.1 Å². The number of benzene rings is 1. The van der Waals surface area contributed by atoms with Crippen LogP contribution in [0.5, 0.6) is 0 Å². The van der Waals surface area contributed by atoms with Gasteiger partial charge in [-0.2, -0.15) is 15.0 Å². The molecule has 3 aromatic rings. The molecule has 1 atom stereocenters. The minimum Gasteiger partial charge on any atom is -0.385 e. The summed E-state index contributed by atoms with van der Waals surface area (Å²) >= 11 is 12.9. The van der Waals surface area contributed by atoms with Crippen molar-refractivity contribution in [1.29, 1.82) is 0 Å². The van der Waals surface area contributed by atoms with Gasteiger partial charge in [0.2, 0.25) is 5.91 Å². The Bertz CT molecular complexity index is 1030. The second-order valence-electron chi connectivity index (χ2n) is 6.67. The van der Waals surface area contributed by atoms with Crippen molar-refractivity contribution in [3.05, 3.63) is 33.6 Å². The van der Waals surface area contributed by atoms with Gasteiger partial charge in [-0.15, -0.1) is 0 Å². The number of nitrogens with zero attached hydrogens (tertiary/aromatic N) is 3. The van der Waals surface area contributed by atoms with Crippen molar-refractivity contribution >= 4 is 40.0 Å². The van der Waals surface area contributed by atoms with Crippen molar-refractivity contribution < 1.29 is 9.53 Å². The van der Waals surface area contributed by atoms with Gasteiger partial charge in [0.15, 0.2) is 0 Å². The zero-order chi connectivity index (χ0) is 19.1. The lowest BCUT2D eigenvalue weighted by molar-refractivity contribution is -0.120. The standard InChI is InChI=1S/C18H19Cl2N5O2/c1-25-22-8-13(24-25)10-5-12(19)16(20)18-15(10)11-6-14(26)21-7-9(3-4-27-2)17(11)23-18/h5,8-9,23H,3-4,6-7H2,1-2H3,(H,21,26)/t9-/m1/s1. The van der Waals surface area contributed by atoms with Crippen LogP contribution in [-0.4, -0.2) is 46.1 Å². The largest absolute Gasteiger partial charge is 0.385 e. The predicted octanol–water partition coefficient (Wildman–Crippen LogP) is 3.06. The lowest BCUT2D eigenvalue weighted by Gasteiger charge is -2.14. The van der Waals surface area contributed by atoms with Crippen molar-refractivity contribution in [2.45, 2.75) is 18.8 Å². The Labute approximate surface area is 166 Å². The molecule has 1 aromatic carbocycles. The molecule has 4 rings (SSSR count). The quantitative estimate of drug-likeness (QED) is 0.695. The minimum atomic E-state index is -0.0202. The molecule has 0 unspecified atom stereocenters. The summed E-state index contributed by atoms with van der Waals surface area (Å²) in [5.41, 5.74) is 4.15. The normalized spacial score (nSPS) is 17.0. The first-order valence-electron chi connectivity index (χ1n) is 8.64. The van der Waals surface area contributed by atoms with Gasteiger partial charge in [0, 0.05) is 49.9 Å². The third-order valence-electron chi connectivity index (χ3n) is 4.94. The van der Waals surface area contributed by atoms with Crippen LogP contribution >= 0.6 is 23.2 Å². The molecule has 142 valence electrons. The zero-order valence-corrected chi connectivity index (χ0v) is 16.5. The van der Waals surface area contributed by atoms with Crippen molar-refractivity contribution in [2.24, 2.45) is 7.05 Å². The zero-order valence-electron chi connectivity index (χ0n) is 15.0. The number of aryl methyl sites for hydroxylation is 1. The molecule has 3 heterocycles. The number of aromatic amines is 1. The third-order valence-corrected chi connectivity index (χ3v) is 5.73. The second kappa shape index (κ2) is 7.14. The fourth-order valence-electron chi connectivity index (χ4n) is 3.67. The molecular weight excluding hydrogens is 389 g/mol. The molecule has 0 saturated carbocycles. The van der Waals surface area contributed by atoms with E-state index in [0.29, 0.717) is 28.9 Å². The molecule has 2 aromatic heterocycles. The van der Waals surface area contributed by atoms with Crippen molar-refractivity contribution in [3.63, 3.8) is 0 Å². The van der Waals surface area contributed by atoms with Crippen molar-refractivity contribution in [2.75, 3.05) is 20.3 Å². The van der Waals surface area contributed by atoms with Gasteiger partial charge in [0.05, 0.1) is 28.2 Å². The van der Waals surface area contributed by atoms with Gasteiger partial charge in [0.1, 0.15) is 5.69 Å². The van der Waals surface area contributed by atoms with Gasteiger partial charge in [-0.25, -0.2) is 0 Å². The van der Waals surface area contributed by atoms with Crippen molar-refractivity contribution in [3.8, 4) is 11.3 Å². The fraction of sp³-hybridized carbons (Fsp3) is 0.389. The highest BCUT2D eigenvalue weighted by atomic mass is 35.5. The van der Waals surface area contributed by atoms with E-state index in [-0.39, 0.29) is 18.2 Å². The first kappa shape index (κ1) is 18.3. The van der Waals surface area contributed by atoms with Crippen LogP contribution in [0.3, 0.4) is 0 Å². The predicted molar refractivity (Wildman–Crippen MR) is 104 cm³/mol. The fourth-order valence-corrected chi connectivity index (χ4v) is 4.07. The van der Waals surface area contributed by atoms with Gasteiger partial charge < -0.3 is 15.0 Å². The number of hydrogen-bond acceptors (Lipinski definition) is 4. The topological polar surface area (TPSA) is 84.8 Å². The molecule has 0 spiro atoms. The molecule has 1 aliphatic heterocycles. The highest BCUT2D eigenvalue weighted by Gasteiger charge is 2.29. The number of H-pyrrole nitrogens is 1. The lowest BCUT2D eigenvalue weighted by atomic mass is 9.95. The molecule has 1 amide bonds. The van der Waals surface area contributed by atoms with Gasteiger partial charge in [-0.1, -0.05) is 23.2 Å². The van der Waals surface area contributed by atoms with E-state index in [1.165, 1.54) is 4.80 Å². The number of nitrogens with one attached hydrogen (secondary N) is 2. The maximum absolute atomic E-state index is 12.4. The Morgan fingerprint density at radius 2 is 2.22 bits per heavy atom. The molecule has 0 saturated heterocycles. The van der Waals surface area contributed by atoms with Crippen LogP contribution in [-0.2, 0) is 23.0 Å². The van der Waals surface area contributed by atoms with E-state index in [1.807, 2.05) is 0 Å². The molecule has 9 heteroatoms. The second-order valence-corrected chi connectivity index (χ2v) is 7.45. The van der Waals surface area contributed by atoms with Crippen LogP contribution in [0, 0.1) is 0 Å². The number of amides is 1. The molecule has 0 radical (unpaired) electrons. The molecule has 27 heavy (non-hydrogen) atoms. The van der Waals surface area contributed by atoms with Crippen LogP contribution in [0.4, 0.5) is 0 Å². The van der Waals surface area contributed by atoms with Crippen LogP contribution in [0.1, 0.15) is 23.6 Å². The molecule has 2 N–H and O–H groups in total. The number of ether oxygens (including phenoxy) is 1. The average Bonchev–Trinajstić information content (AvgIpc) is 3.19. The SMILES string of the molecule is COCC[C@@H]1CNC(=O)Cc2c1[nH]c1c(Cl)c(Cl)cc(-c3cnn(C)n3)c21. The minimum absolute atomic E-state index is 0.0202. The Morgan fingerprint density at radius 1 is 1.41 bits per heavy atom. The van der Waals surface area contributed by atoms with E-state index in [9.17, 15) is 4.79 Å². The summed E-state index contributed by atoms with van der Waals surface area (Å²) in [6.45, 7) is 1.15. The summed E-state index contributed by atoms with van der Waals surface area (Å²) in [6.07, 6.45) is 2.73. The number of carbonyl (C=O) groups is 1. The molecule has 7 nitrogen and oxygen atoms in total. The summed E-state index contributed by atoms with van der Waals surface area (Å²) < 4.78 is 5.25. The maximum atomic E-state index is 12.4. The molecule has 1 aliphatic rings. The van der Waals surface area contributed by atoms with E-state index in [2.05, 4.69) is 20.5 Å². The highest BCUT2D eigenvalue weighted by molar-refractivity contribution is 6.45. The number of halogens is 2. The first-order valence-corrected chi connectivity index (χ1v) is 9.40. The first-order chi connectivity index (χ1) is 13.0. The average molecular weight is 408 g/mol. The maximum Gasteiger partial charge on any atom is 0.224 e. The van der Waals surface area contributed by atoms with E-state index in [1.54, 1.807) is 26.4 Å². The van der Waals surface area contributed by atoms with Gasteiger partial charge in [0.25, 0.3) is 0 Å². The Kier molecular flexibility index (Phi) is 4.84. The number of aromatic nitrogens is 4.